The van der Waals surface area contributed by atoms with Gasteiger partial charge in [0.05, 0.1) is 17.0 Å². The van der Waals surface area contributed by atoms with Gasteiger partial charge >= 0.3 is 0 Å². The molecule has 0 aliphatic rings. The van der Waals surface area contributed by atoms with E-state index in [4.69, 9.17) is 11.6 Å². The molecule has 0 spiro atoms. The monoisotopic (exact) mass is 347 g/mol. The third-order valence-electron chi connectivity index (χ3n) is 2.94. The number of hydrogen-bond donors (Lipinski definition) is 1. The minimum Gasteiger partial charge on any atom is -0.355 e. The van der Waals surface area contributed by atoms with Crippen LogP contribution in [0.15, 0.2) is 24.3 Å². The highest BCUT2D eigenvalue weighted by molar-refractivity contribution is 7.92. The van der Waals surface area contributed by atoms with Crippen molar-refractivity contribution in [1.29, 1.82) is 0 Å². The number of para-hydroxylation sites is 1. The number of rotatable bonds is 8. The largest absolute Gasteiger partial charge is 0.355 e. The van der Waals surface area contributed by atoms with Crippen LogP contribution in [0.25, 0.3) is 0 Å². The van der Waals surface area contributed by atoms with Gasteiger partial charge in [0, 0.05) is 26.1 Å². The van der Waals surface area contributed by atoms with E-state index < -0.39 is 10.0 Å². The van der Waals surface area contributed by atoms with Gasteiger partial charge in [-0.2, -0.15) is 0 Å². The van der Waals surface area contributed by atoms with Gasteiger partial charge in [-0.25, -0.2) is 8.42 Å². The fourth-order valence-corrected chi connectivity index (χ4v) is 3.06. The number of benzene rings is 1. The molecule has 0 fully saturated rings. The van der Waals surface area contributed by atoms with Gasteiger partial charge in [-0.3, -0.25) is 9.10 Å². The Kier molecular flexibility index (Phi) is 7.12. The number of nitrogens with one attached hydrogen (secondary N) is 1. The summed E-state index contributed by atoms with van der Waals surface area (Å²) in [6.07, 6.45) is 1.17. The molecule has 22 heavy (non-hydrogen) atoms. The number of hydrogen-bond acceptors (Lipinski definition) is 4. The molecular formula is C14H22ClN3O3S. The van der Waals surface area contributed by atoms with E-state index >= 15 is 0 Å². The molecular weight excluding hydrogens is 326 g/mol. The second kappa shape index (κ2) is 8.36. The van der Waals surface area contributed by atoms with Gasteiger partial charge in [0.1, 0.15) is 0 Å². The van der Waals surface area contributed by atoms with Crippen LogP contribution in [0.4, 0.5) is 5.69 Å². The van der Waals surface area contributed by atoms with Crippen LogP contribution < -0.4 is 9.62 Å². The molecule has 1 N–H and O–H groups in total. The van der Waals surface area contributed by atoms with E-state index in [-0.39, 0.29) is 18.9 Å². The SMILES string of the molecule is CN(C)CCNC(=O)CCN(c1ccccc1Cl)S(C)(=O)=O. The van der Waals surface area contributed by atoms with Crippen LogP contribution in [-0.2, 0) is 14.8 Å². The Morgan fingerprint density at radius 1 is 1.23 bits per heavy atom. The summed E-state index contributed by atoms with van der Waals surface area (Å²) in [5.74, 6) is -0.192. The second-order valence-corrected chi connectivity index (χ2v) is 7.50. The van der Waals surface area contributed by atoms with Crippen LogP contribution in [0.3, 0.4) is 0 Å². The topological polar surface area (TPSA) is 69.7 Å². The molecule has 0 aliphatic heterocycles. The first-order chi connectivity index (χ1) is 10.2. The maximum atomic E-state index is 11.9. The van der Waals surface area contributed by atoms with Gasteiger partial charge in [-0.05, 0) is 26.2 Å². The van der Waals surface area contributed by atoms with E-state index in [9.17, 15) is 13.2 Å². The molecule has 0 radical (unpaired) electrons. The summed E-state index contributed by atoms with van der Waals surface area (Å²) in [4.78, 5) is 13.7. The smallest absolute Gasteiger partial charge is 0.232 e. The predicted molar refractivity (Wildman–Crippen MR) is 89.8 cm³/mol. The van der Waals surface area contributed by atoms with Crippen LogP contribution in [0.5, 0.6) is 0 Å². The van der Waals surface area contributed by atoms with Crippen molar-refractivity contribution in [3.63, 3.8) is 0 Å². The molecule has 1 rings (SSSR count). The van der Waals surface area contributed by atoms with E-state index in [2.05, 4.69) is 5.32 Å². The van der Waals surface area contributed by atoms with Gasteiger partial charge in [-0.15, -0.1) is 0 Å². The van der Waals surface area contributed by atoms with Crippen LogP contribution in [-0.4, -0.2) is 59.2 Å². The quantitative estimate of drug-likeness (QED) is 0.766. The molecule has 8 heteroatoms. The predicted octanol–water partition coefficient (Wildman–Crippen LogP) is 1.17. The molecule has 0 unspecified atom stereocenters. The fourth-order valence-electron chi connectivity index (χ4n) is 1.83. The average molecular weight is 348 g/mol. The summed E-state index contributed by atoms with van der Waals surface area (Å²) in [6, 6.07) is 6.66. The zero-order valence-electron chi connectivity index (χ0n) is 13.0. The van der Waals surface area contributed by atoms with E-state index in [1.807, 2.05) is 19.0 Å². The number of anilines is 1. The van der Waals surface area contributed by atoms with Crippen molar-refractivity contribution in [3.8, 4) is 0 Å². The number of sulfonamides is 1. The zero-order valence-corrected chi connectivity index (χ0v) is 14.6. The van der Waals surface area contributed by atoms with Crippen LogP contribution >= 0.6 is 11.6 Å². The summed E-state index contributed by atoms with van der Waals surface area (Å²) >= 11 is 6.05. The first kappa shape index (κ1) is 18.7. The standard InChI is InChI=1S/C14H22ClN3O3S/c1-17(2)11-9-16-14(19)8-10-18(22(3,20)21)13-7-5-4-6-12(13)15/h4-7H,8-11H2,1-3H3,(H,16,19). The van der Waals surface area contributed by atoms with Gasteiger partial charge in [0.2, 0.25) is 15.9 Å². The third kappa shape index (κ3) is 6.21. The minimum absolute atomic E-state index is 0.0519. The van der Waals surface area contributed by atoms with E-state index in [0.29, 0.717) is 17.3 Å². The van der Waals surface area contributed by atoms with Crippen molar-refractivity contribution in [2.45, 2.75) is 6.42 Å². The zero-order chi connectivity index (χ0) is 16.8. The lowest BCUT2D eigenvalue weighted by Gasteiger charge is -2.23. The van der Waals surface area contributed by atoms with Crippen molar-refractivity contribution < 1.29 is 13.2 Å². The van der Waals surface area contributed by atoms with E-state index in [0.717, 1.165) is 17.1 Å². The molecule has 1 amide bonds. The molecule has 0 saturated carbocycles. The molecule has 0 atom stereocenters. The Morgan fingerprint density at radius 3 is 2.41 bits per heavy atom. The summed E-state index contributed by atoms with van der Waals surface area (Å²) in [5.41, 5.74) is 0.382. The Morgan fingerprint density at radius 2 is 1.86 bits per heavy atom. The molecule has 6 nitrogen and oxygen atoms in total. The normalized spacial score (nSPS) is 11.5. The summed E-state index contributed by atoms with van der Waals surface area (Å²) in [5, 5.41) is 3.09. The van der Waals surface area contributed by atoms with Crippen molar-refractivity contribution in [2.24, 2.45) is 0 Å². The third-order valence-corrected chi connectivity index (χ3v) is 4.44. The number of carbonyl (C=O) groups excluding carboxylic acids is 1. The second-order valence-electron chi connectivity index (χ2n) is 5.19. The Hall–Kier alpha value is -1.31. The van der Waals surface area contributed by atoms with E-state index in [1.54, 1.807) is 24.3 Å². The molecule has 1 aromatic carbocycles. The first-order valence-corrected chi connectivity index (χ1v) is 9.08. The molecule has 0 aromatic heterocycles. The van der Waals surface area contributed by atoms with Crippen molar-refractivity contribution in [2.75, 3.05) is 44.3 Å². The summed E-state index contributed by atoms with van der Waals surface area (Å²) in [7, 11) is 0.314. The lowest BCUT2D eigenvalue weighted by Crippen LogP contribution is -2.36. The lowest BCUT2D eigenvalue weighted by molar-refractivity contribution is -0.120. The number of likely N-dealkylation sites (N-methyl/N-ethyl adjacent to an activating group) is 1. The molecule has 0 bridgehead atoms. The Bertz CT molecular complexity index is 605. The lowest BCUT2D eigenvalue weighted by atomic mass is 10.3. The van der Waals surface area contributed by atoms with E-state index in [1.165, 1.54) is 0 Å². The highest BCUT2D eigenvalue weighted by atomic mass is 35.5. The van der Waals surface area contributed by atoms with Gasteiger partial charge in [0.25, 0.3) is 0 Å². The number of nitrogens with zero attached hydrogens (tertiary/aromatic N) is 2. The summed E-state index contributed by atoms with van der Waals surface area (Å²) < 4.78 is 25.0. The maximum absolute atomic E-state index is 11.9. The Balaban J connectivity index is 2.69. The molecule has 124 valence electrons. The fraction of sp³-hybridized carbons (Fsp3) is 0.500. The van der Waals surface area contributed by atoms with Crippen LogP contribution in [0.1, 0.15) is 6.42 Å². The molecule has 0 heterocycles. The maximum Gasteiger partial charge on any atom is 0.232 e. The van der Waals surface area contributed by atoms with Crippen LogP contribution in [0, 0.1) is 0 Å². The van der Waals surface area contributed by atoms with Gasteiger partial charge < -0.3 is 10.2 Å². The van der Waals surface area contributed by atoms with Crippen LogP contribution in [0.2, 0.25) is 5.02 Å². The summed E-state index contributed by atoms with van der Waals surface area (Å²) in [6.45, 7) is 1.30. The van der Waals surface area contributed by atoms with Gasteiger partial charge in [0.15, 0.2) is 0 Å². The van der Waals surface area contributed by atoms with Gasteiger partial charge in [-0.1, -0.05) is 23.7 Å². The number of amides is 1. The van der Waals surface area contributed by atoms with Crippen molar-refractivity contribution >= 4 is 33.2 Å². The number of carbonyl (C=O) groups is 1. The Labute approximate surface area is 137 Å². The first-order valence-electron chi connectivity index (χ1n) is 6.85. The van der Waals surface area contributed by atoms with Crippen molar-refractivity contribution in [3.05, 3.63) is 29.3 Å². The molecule has 0 aliphatic carbocycles. The minimum atomic E-state index is -3.51. The molecule has 1 aromatic rings. The molecule has 0 saturated heterocycles. The highest BCUT2D eigenvalue weighted by Crippen LogP contribution is 2.27. The average Bonchev–Trinajstić information content (AvgIpc) is 2.39. The number of halogens is 1. The van der Waals surface area contributed by atoms with Crippen molar-refractivity contribution in [1.82, 2.24) is 10.2 Å². The highest BCUT2D eigenvalue weighted by Gasteiger charge is 2.20.